The van der Waals surface area contributed by atoms with Gasteiger partial charge in [0.2, 0.25) is 0 Å². The summed E-state index contributed by atoms with van der Waals surface area (Å²) in [7, 11) is 5.86. The molecule has 1 aromatic carbocycles. The maximum atomic E-state index is 5.30. The van der Waals surface area contributed by atoms with Crippen LogP contribution in [0.4, 0.5) is 0 Å². The van der Waals surface area contributed by atoms with Gasteiger partial charge in [-0.05, 0) is 62.4 Å². The van der Waals surface area contributed by atoms with Crippen LogP contribution in [-0.2, 0) is 17.8 Å². The van der Waals surface area contributed by atoms with Gasteiger partial charge in [-0.15, -0.1) is 24.0 Å². The maximum absolute atomic E-state index is 5.30. The molecule has 31 heavy (non-hydrogen) atoms. The number of nitrogens with one attached hydrogen (secondary N) is 2. The van der Waals surface area contributed by atoms with E-state index in [1.54, 1.807) is 7.11 Å². The highest BCUT2D eigenvalue weighted by Crippen LogP contribution is 2.43. The third kappa shape index (κ3) is 8.51. The fraction of sp³-hybridized carbons (Fsp3) is 0.708. The Morgan fingerprint density at radius 2 is 1.77 bits per heavy atom. The summed E-state index contributed by atoms with van der Waals surface area (Å²) < 4.78 is 5.30. The minimum absolute atomic E-state index is 0. The molecule has 1 aliphatic heterocycles. The van der Waals surface area contributed by atoms with Crippen LogP contribution in [0.2, 0.25) is 0 Å². The zero-order chi connectivity index (χ0) is 21.2. The summed E-state index contributed by atoms with van der Waals surface area (Å²) in [6.07, 6.45) is 6.29. The molecule has 1 aromatic rings. The van der Waals surface area contributed by atoms with E-state index in [0.29, 0.717) is 5.41 Å². The van der Waals surface area contributed by atoms with Crippen LogP contribution in [0, 0.1) is 5.41 Å². The van der Waals surface area contributed by atoms with Gasteiger partial charge in [0.1, 0.15) is 0 Å². The molecule has 3 rings (SSSR count). The molecule has 2 N–H and O–H groups in total. The minimum Gasteiger partial charge on any atom is -0.385 e. The Morgan fingerprint density at radius 1 is 1.03 bits per heavy atom. The van der Waals surface area contributed by atoms with Crippen molar-refractivity contribution < 1.29 is 4.74 Å². The predicted molar refractivity (Wildman–Crippen MR) is 140 cm³/mol. The van der Waals surface area contributed by atoms with E-state index >= 15 is 0 Å². The Bertz CT molecular complexity index is 662. The van der Waals surface area contributed by atoms with E-state index in [4.69, 9.17) is 4.74 Å². The van der Waals surface area contributed by atoms with Crippen molar-refractivity contribution in [3.63, 3.8) is 0 Å². The average molecular weight is 544 g/mol. The second-order valence-electron chi connectivity index (χ2n) is 9.13. The number of benzene rings is 1. The summed E-state index contributed by atoms with van der Waals surface area (Å²) in [4.78, 5) is 9.41. The number of hydrogen-bond acceptors (Lipinski definition) is 4. The molecule has 7 heteroatoms. The molecule has 0 unspecified atom stereocenters. The normalized spacial score (nSPS) is 19.8. The highest BCUT2D eigenvalue weighted by molar-refractivity contribution is 14.0. The fourth-order valence-electron chi connectivity index (χ4n) is 4.47. The van der Waals surface area contributed by atoms with E-state index in [1.165, 1.54) is 56.4 Å². The average Bonchev–Trinajstić information content (AvgIpc) is 2.94. The first-order chi connectivity index (χ1) is 14.6. The molecule has 1 saturated carbocycles. The molecule has 0 bridgehead atoms. The number of halogens is 1. The molecule has 176 valence electrons. The number of nitrogens with zero attached hydrogens (tertiary/aromatic N) is 3. The van der Waals surface area contributed by atoms with Crippen LogP contribution in [0.25, 0.3) is 0 Å². The van der Waals surface area contributed by atoms with Crippen LogP contribution in [0.5, 0.6) is 0 Å². The predicted octanol–water partition coefficient (Wildman–Crippen LogP) is 3.31. The Labute approximate surface area is 206 Å². The number of rotatable bonds is 9. The summed E-state index contributed by atoms with van der Waals surface area (Å²) in [5.41, 5.74) is 3.07. The maximum Gasteiger partial charge on any atom is 0.191 e. The molecule has 0 radical (unpaired) electrons. The number of methoxy groups -OCH3 is 1. The first-order valence-corrected chi connectivity index (χ1v) is 11.5. The van der Waals surface area contributed by atoms with Crippen LogP contribution in [0.1, 0.15) is 43.2 Å². The van der Waals surface area contributed by atoms with E-state index < -0.39 is 0 Å². The van der Waals surface area contributed by atoms with Crippen molar-refractivity contribution in [2.75, 3.05) is 60.5 Å². The molecule has 1 saturated heterocycles. The quantitative estimate of drug-likeness (QED) is 0.285. The fourth-order valence-corrected chi connectivity index (χ4v) is 4.47. The number of ether oxygens (including phenoxy) is 1. The smallest absolute Gasteiger partial charge is 0.191 e. The van der Waals surface area contributed by atoms with Crippen molar-refractivity contribution in [3.8, 4) is 0 Å². The first-order valence-electron chi connectivity index (χ1n) is 11.5. The largest absolute Gasteiger partial charge is 0.385 e. The number of aliphatic imine (C=N–C) groups is 1. The van der Waals surface area contributed by atoms with E-state index in [1.807, 2.05) is 7.05 Å². The van der Waals surface area contributed by atoms with E-state index in [0.717, 1.165) is 45.2 Å². The Kier molecular flexibility index (Phi) is 11.6. The molecule has 0 aromatic heterocycles. The molecule has 6 nitrogen and oxygen atoms in total. The zero-order valence-corrected chi connectivity index (χ0v) is 22.0. The number of hydrogen-bond donors (Lipinski definition) is 2. The lowest BCUT2D eigenvalue weighted by Crippen LogP contribution is -2.46. The third-order valence-electron chi connectivity index (χ3n) is 6.81. The van der Waals surface area contributed by atoms with Gasteiger partial charge in [-0.3, -0.25) is 9.89 Å². The van der Waals surface area contributed by atoms with Gasteiger partial charge in [0, 0.05) is 53.5 Å². The topological polar surface area (TPSA) is 52.1 Å². The van der Waals surface area contributed by atoms with E-state index in [2.05, 4.69) is 56.7 Å². The summed E-state index contributed by atoms with van der Waals surface area (Å²) in [5.74, 6) is 0.886. The summed E-state index contributed by atoms with van der Waals surface area (Å²) in [5, 5.41) is 7.01. The van der Waals surface area contributed by atoms with Crippen molar-refractivity contribution in [1.82, 2.24) is 20.4 Å². The second kappa shape index (κ2) is 13.6. The molecular weight excluding hydrogens is 501 g/mol. The monoisotopic (exact) mass is 543 g/mol. The minimum atomic E-state index is 0. The van der Waals surface area contributed by atoms with E-state index in [-0.39, 0.29) is 24.0 Å². The molecule has 1 heterocycles. The van der Waals surface area contributed by atoms with Crippen LogP contribution >= 0.6 is 24.0 Å². The van der Waals surface area contributed by atoms with Crippen molar-refractivity contribution in [2.45, 2.75) is 45.2 Å². The van der Waals surface area contributed by atoms with Gasteiger partial charge in [-0.1, -0.05) is 30.7 Å². The highest BCUT2D eigenvalue weighted by atomic mass is 127. The molecule has 1 aliphatic carbocycles. The van der Waals surface area contributed by atoms with Gasteiger partial charge >= 0.3 is 0 Å². The Morgan fingerprint density at radius 3 is 2.42 bits per heavy atom. The van der Waals surface area contributed by atoms with Gasteiger partial charge < -0.3 is 20.3 Å². The Balaban J connectivity index is 0.00000341. The number of guanidine groups is 1. The van der Waals surface area contributed by atoms with Crippen molar-refractivity contribution in [3.05, 3.63) is 35.4 Å². The molecular formula is C24H42IN5O. The molecule has 0 spiro atoms. The lowest BCUT2D eigenvalue weighted by Gasteiger charge is -2.42. The van der Waals surface area contributed by atoms with Gasteiger partial charge in [0.25, 0.3) is 0 Å². The Hall–Kier alpha value is -0.900. The third-order valence-corrected chi connectivity index (χ3v) is 6.81. The van der Waals surface area contributed by atoms with Gasteiger partial charge in [-0.2, -0.15) is 0 Å². The highest BCUT2D eigenvalue weighted by Gasteiger charge is 2.36. The standard InChI is InChI=1S/C24H41N5O.HI/c1-25-23(27-20-24(10-4-11-24)12-17-30-3)26-18-21-6-8-22(9-7-21)19-29-14-5-13-28(2)15-16-29;/h6-9H,4-5,10-20H2,1-3H3,(H2,25,26,27);1H. The van der Waals surface area contributed by atoms with Crippen LogP contribution in [-0.4, -0.2) is 76.3 Å². The summed E-state index contributed by atoms with van der Waals surface area (Å²) in [6, 6.07) is 9.03. The van der Waals surface area contributed by atoms with Gasteiger partial charge in [-0.25, -0.2) is 0 Å². The van der Waals surface area contributed by atoms with Gasteiger partial charge in [0.15, 0.2) is 5.96 Å². The molecule has 0 atom stereocenters. The summed E-state index contributed by atoms with van der Waals surface area (Å²) in [6.45, 7) is 8.39. The second-order valence-corrected chi connectivity index (χ2v) is 9.13. The van der Waals surface area contributed by atoms with Crippen LogP contribution < -0.4 is 10.6 Å². The number of likely N-dealkylation sites (N-methyl/N-ethyl adjacent to an activating group) is 1. The van der Waals surface area contributed by atoms with Crippen LogP contribution in [0.3, 0.4) is 0 Å². The lowest BCUT2D eigenvalue weighted by molar-refractivity contribution is 0.0732. The molecule has 0 amide bonds. The van der Waals surface area contributed by atoms with Gasteiger partial charge in [0.05, 0.1) is 0 Å². The van der Waals surface area contributed by atoms with Crippen molar-refractivity contribution in [1.29, 1.82) is 0 Å². The van der Waals surface area contributed by atoms with Crippen molar-refractivity contribution >= 4 is 29.9 Å². The lowest BCUT2D eigenvalue weighted by atomic mass is 9.67. The molecule has 2 aliphatic rings. The SMILES string of the molecule is CN=C(NCc1ccc(CN2CCCN(C)CC2)cc1)NCC1(CCOC)CCC1.I. The zero-order valence-electron chi connectivity index (χ0n) is 19.7. The summed E-state index contributed by atoms with van der Waals surface area (Å²) >= 11 is 0. The van der Waals surface area contributed by atoms with E-state index in [9.17, 15) is 0 Å². The molecule has 2 fully saturated rings. The van der Waals surface area contributed by atoms with Crippen LogP contribution in [0.15, 0.2) is 29.3 Å². The first kappa shape index (κ1) is 26.4. The van der Waals surface area contributed by atoms with Crippen molar-refractivity contribution in [2.24, 2.45) is 10.4 Å².